The highest BCUT2D eigenvalue weighted by Crippen LogP contribution is 2.51. The Hall–Kier alpha value is -3.99. The summed E-state index contributed by atoms with van der Waals surface area (Å²) in [6.45, 7) is 5.66. The molecule has 3 aliphatic heterocycles. The molecule has 0 saturated carbocycles. The SMILES string of the molecule is COc1cc(Cl)ccc1C1(C)Oc2cccc(C3CCN(Cc4nc5c(OC)cc(C(=O)O)cc5n4C[C@@H]4CCO4)CC3)c2O1. The third kappa shape index (κ3) is 5.45. The summed E-state index contributed by atoms with van der Waals surface area (Å²) in [6.07, 6.45) is 2.95. The first kappa shape index (κ1) is 29.7. The van der Waals surface area contributed by atoms with Gasteiger partial charge >= 0.3 is 5.97 Å². The van der Waals surface area contributed by atoms with E-state index in [0.29, 0.717) is 41.0 Å². The number of carboxylic acids is 1. The Morgan fingerprint density at radius 1 is 1.07 bits per heavy atom. The first-order valence-corrected chi connectivity index (χ1v) is 15.6. The highest BCUT2D eigenvalue weighted by atomic mass is 35.5. The van der Waals surface area contributed by atoms with Gasteiger partial charge < -0.3 is 33.4 Å². The van der Waals surface area contributed by atoms with Crippen LogP contribution in [0.3, 0.4) is 0 Å². The van der Waals surface area contributed by atoms with E-state index in [1.54, 1.807) is 26.4 Å². The number of methoxy groups -OCH3 is 2. The Labute approximate surface area is 266 Å². The molecule has 2 atom stereocenters. The molecule has 0 spiro atoms. The molecule has 236 valence electrons. The number of ether oxygens (including phenoxy) is 5. The summed E-state index contributed by atoms with van der Waals surface area (Å²) in [5, 5.41) is 10.3. The summed E-state index contributed by atoms with van der Waals surface area (Å²) in [5.74, 6) is 1.70. The summed E-state index contributed by atoms with van der Waals surface area (Å²) in [7, 11) is 3.16. The number of aromatic carboxylic acids is 1. The average Bonchev–Trinajstić information content (AvgIpc) is 3.55. The predicted octanol–water partition coefficient (Wildman–Crippen LogP) is 6.22. The van der Waals surface area contributed by atoms with Gasteiger partial charge in [0.15, 0.2) is 11.5 Å². The minimum Gasteiger partial charge on any atom is -0.496 e. The summed E-state index contributed by atoms with van der Waals surface area (Å²) in [5.41, 5.74) is 3.51. The third-order valence-electron chi connectivity index (χ3n) is 9.20. The van der Waals surface area contributed by atoms with Gasteiger partial charge in [-0.3, -0.25) is 4.90 Å². The number of likely N-dealkylation sites (tertiary alicyclic amines) is 1. The second-order valence-electron chi connectivity index (χ2n) is 12.0. The average molecular weight is 634 g/mol. The quantitative estimate of drug-likeness (QED) is 0.230. The lowest BCUT2D eigenvalue weighted by Crippen LogP contribution is -2.35. The summed E-state index contributed by atoms with van der Waals surface area (Å²) < 4.78 is 32.0. The molecule has 1 aromatic heterocycles. The molecule has 7 rings (SSSR count). The molecule has 1 unspecified atom stereocenters. The maximum atomic E-state index is 11.9. The van der Waals surface area contributed by atoms with Crippen molar-refractivity contribution in [1.29, 1.82) is 0 Å². The van der Waals surface area contributed by atoms with Crippen LogP contribution in [0.2, 0.25) is 5.02 Å². The van der Waals surface area contributed by atoms with Gasteiger partial charge in [0.1, 0.15) is 22.8 Å². The van der Waals surface area contributed by atoms with Crippen LogP contribution in [0, 0.1) is 0 Å². The van der Waals surface area contributed by atoms with Crippen LogP contribution in [-0.4, -0.2) is 65.5 Å². The first-order valence-electron chi connectivity index (χ1n) is 15.3. The van der Waals surface area contributed by atoms with E-state index in [2.05, 4.69) is 15.5 Å². The number of nitrogens with zero attached hydrogens (tertiary/aromatic N) is 3. The molecule has 4 aromatic rings. The smallest absolute Gasteiger partial charge is 0.335 e. The van der Waals surface area contributed by atoms with E-state index in [9.17, 15) is 9.90 Å². The fourth-order valence-electron chi connectivity index (χ4n) is 6.70. The van der Waals surface area contributed by atoms with Crippen molar-refractivity contribution in [1.82, 2.24) is 14.5 Å². The molecule has 11 heteroatoms. The second kappa shape index (κ2) is 11.7. The van der Waals surface area contributed by atoms with Crippen molar-refractivity contribution in [3.05, 3.63) is 76.1 Å². The Morgan fingerprint density at radius 2 is 1.84 bits per heavy atom. The number of benzene rings is 3. The highest BCUT2D eigenvalue weighted by Gasteiger charge is 2.43. The van der Waals surface area contributed by atoms with Crippen molar-refractivity contribution < 1.29 is 33.6 Å². The van der Waals surface area contributed by atoms with Crippen LogP contribution in [0.5, 0.6) is 23.0 Å². The predicted molar refractivity (Wildman–Crippen MR) is 168 cm³/mol. The van der Waals surface area contributed by atoms with Gasteiger partial charge in [-0.25, -0.2) is 9.78 Å². The van der Waals surface area contributed by atoms with Crippen LogP contribution < -0.4 is 18.9 Å². The van der Waals surface area contributed by atoms with Crippen molar-refractivity contribution in [3.8, 4) is 23.0 Å². The minimum atomic E-state index is -1.04. The van der Waals surface area contributed by atoms with Gasteiger partial charge in [0.2, 0.25) is 0 Å². The van der Waals surface area contributed by atoms with Crippen molar-refractivity contribution >= 4 is 28.6 Å². The molecule has 2 saturated heterocycles. The number of rotatable bonds is 9. The summed E-state index contributed by atoms with van der Waals surface area (Å²) in [4.78, 5) is 19.2. The largest absolute Gasteiger partial charge is 0.496 e. The Balaban J connectivity index is 1.10. The maximum absolute atomic E-state index is 11.9. The first-order chi connectivity index (χ1) is 21.8. The fraction of sp³-hybridized carbons (Fsp3) is 0.412. The van der Waals surface area contributed by atoms with Gasteiger partial charge in [0.05, 0.1) is 50.1 Å². The highest BCUT2D eigenvalue weighted by molar-refractivity contribution is 6.30. The number of para-hydroxylation sites is 1. The van der Waals surface area contributed by atoms with Crippen molar-refractivity contribution in [2.45, 2.75) is 57.1 Å². The molecule has 0 radical (unpaired) electrons. The van der Waals surface area contributed by atoms with Gasteiger partial charge in [-0.15, -0.1) is 0 Å². The zero-order chi connectivity index (χ0) is 31.3. The van der Waals surface area contributed by atoms with Crippen LogP contribution in [0.15, 0.2) is 48.5 Å². The molecule has 0 amide bonds. The van der Waals surface area contributed by atoms with Crippen LogP contribution in [-0.2, 0) is 23.6 Å². The van der Waals surface area contributed by atoms with Gasteiger partial charge in [-0.2, -0.15) is 0 Å². The van der Waals surface area contributed by atoms with Crippen molar-refractivity contribution in [3.63, 3.8) is 0 Å². The number of carbonyl (C=O) groups is 1. The summed E-state index contributed by atoms with van der Waals surface area (Å²) >= 11 is 6.21. The number of aromatic nitrogens is 2. The van der Waals surface area contributed by atoms with Crippen LogP contribution in [0.4, 0.5) is 0 Å². The van der Waals surface area contributed by atoms with E-state index >= 15 is 0 Å². The molecule has 3 aliphatic rings. The number of imidazole rings is 1. The minimum absolute atomic E-state index is 0.0901. The van der Waals surface area contributed by atoms with Gasteiger partial charge in [-0.05, 0) is 74.7 Å². The van der Waals surface area contributed by atoms with Crippen LogP contribution in [0.25, 0.3) is 11.0 Å². The number of hydrogen-bond donors (Lipinski definition) is 1. The molecule has 3 aromatic carbocycles. The topological polar surface area (TPSA) is 105 Å². The molecule has 0 bridgehead atoms. The number of halogens is 1. The van der Waals surface area contributed by atoms with Crippen LogP contribution >= 0.6 is 11.6 Å². The van der Waals surface area contributed by atoms with E-state index in [-0.39, 0.29) is 11.7 Å². The van der Waals surface area contributed by atoms with Crippen LogP contribution in [0.1, 0.15) is 59.4 Å². The van der Waals surface area contributed by atoms with E-state index in [1.165, 1.54) is 6.07 Å². The molecule has 10 nitrogen and oxygen atoms in total. The molecular weight excluding hydrogens is 598 g/mol. The maximum Gasteiger partial charge on any atom is 0.335 e. The lowest BCUT2D eigenvalue weighted by atomic mass is 9.88. The van der Waals surface area contributed by atoms with E-state index in [1.807, 2.05) is 31.2 Å². The lowest BCUT2D eigenvalue weighted by Gasteiger charge is -2.33. The normalized spacial score (nSPS) is 21.6. The number of hydrogen-bond acceptors (Lipinski definition) is 8. The van der Waals surface area contributed by atoms with Gasteiger partial charge in [0, 0.05) is 24.1 Å². The number of piperidine rings is 1. The molecule has 2 fully saturated rings. The Kier molecular flexibility index (Phi) is 7.75. The fourth-order valence-corrected chi connectivity index (χ4v) is 6.86. The van der Waals surface area contributed by atoms with E-state index < -0.39 is 11.8 Å². The Morgan fingerprint density at radius 3 is 2.53 bits per heavy atom. The molecule has 1 N–H and O–H groups in total. The monoisotopic (exact) mass is 633 g/mol. The Bertz CT molecular complexity index is 1760. The molecule has 0 aliphatic carbocycles. The molecular formula is C34H36ClN3O7. The number of fused-ring (bicyclic) bond motifs is 2. The standard InChI is InChI=1S/C34H36ClN3O7/c1-34(25-8-7-22(35)17-28(25)41-2)44-27-6-4-5-24(32(27)45-34)20-9-12-37(13-10-20)19-30-36-31-26(38(30)18-23-11-14-43-23)15-21(33(39)40)16-29(31)42-3/h4-8,15-17,20,23H,9-14,18-19H2,1-3H3,(H,39,40)/t23-,34?/m0/s1. The lowest BCUT2D eigenvalue weighted by molar-refractivity contribution is -0.0700. The van der Waals surface area contributed by atoms with Gasteiger partial charge in [-0.1, -0.05) is 23.7 Å². The zero-order valence-electron chi connectivity index (χ0n) is 25.5. The molecule has 4 heterocycles. The van der Waals surface area contributed by atoms with Crippen molar-refractivity contribution in [2.75, 3.05) is 33.9 Å². The third-order valence-corrected chi connectivity index (χ3v) is 9.44. The zero-order valence-corrected chi connectivity index (χ0v) is 26.3. The van der Waals surface area contributed by atoms with Crippen molar-refractivity contribution in [2.24, 2.45) is 0 Å². The molecule has 45 heavy (non-hydrogen) atoms. The van der Waals surface area contributed by atoms with E-state index in [4.69, 9.17) is 40.3 Å². The van der Waals surface area contributed by atoms with E-state index in [0.717, 1.165) is 72.9 Å². The van der Waals surface area contributed by atoms with Gasteiger partial charge in [0.25, 0.3) is 5.79 Å². The summed E-state index contributed by atoms with van der Waals surface area (Å²) in [6, 6.07) is 14.8. The second-order valence-corrected chi connectivity index (χ2v) is 12.4. The number of carboxylic acid groups (broad SMARTS) is 1.